The highest BCUT2D eigenvalue weighted by atomic mass is 16.6. The van der Waals surface area contributed by atoms with Crippen LogP contribution in [0.3, 0.4) is 0 Å². The van der Waals surface area contributed by atoms with Crippen LogP contribution >= 0.6 is 0 Å². The topological polar surface area (TPSA) is 77.3 Å². The summed E-state index contributed by atoms with van der Waals surface area (Å²) in [4.78, 5) is 15.0. The van der Waals surface area contributed by atoms with Crippen LogP contribution < -0.4 is 10.1 Å². The van der Waals surface area contributed by atoms with E-state index in [2.05, 4.69) is 10.3 Å². The number of anilines is 1. The molecule has 110 valence electrons. The van der Waals surface area contributed by atoms with Crippen molar-refractivity contribution < 1.29 is 9.66 Å². The lowest BCUT2D eigenvalue weighted by atomic mass is 10.1. The van der Waals surface area contributed by atoms with Crippen LogP contribution in [-0.2, 0) is 6.54 Å². The van der Waals surface area contributed by atoms with Crippen molar-refractivity contribution in [1.29, 1.82) is 0 Å². The number of hydrogen-bond acceptors (Lipinski definition) is 5. The van der Waals surface area contributed by atoms with Crippen LogP contribution in [0, 0.1) is 24.0 Å². The minimum Gasteiger partial charge on any atom is -0.497 e. The van der Waals surface area contributed by atoms with Gasteiger partial charge < -0.3 is 10.1 Å². The second-order valence-electron chi connectivity index (χ2n) is 4.70. The molecule has 0 saturated heterocycles. The smallest absolute Gasteiger partial charge is 0.278 e. The first kappa shape index (κ1) is 14.8. The Kier molecular flexibility index (Phi) is 4.37. The number of nitrogens with zero attached hydrogens (tertiary/aromatic N) is 2. The van der Waals surface area contributed by atoms with E-state index in [4.69, 9.17) is 4.74 Å². The van der Waals surface area contributed by atoms with Crippen LogP contribution in [-0.4, -0.2) is 17.0 Å². The molecule has 0 atom stereocenters. The average Bonchev–Trinajstić information content (AvgIpc) is 2.46. The molecule has 0 radical (unpaired) electrons. The zero-order valence-electron chi connectivity index (χ0n) is 12.2. The fourth-order valence-corrected chi connectivity index (χ4v) is 2.14. The summed E-state index contributed by atoms with van der Waals surface area (Å²) in [5, 5.41) is 14.3. The second kappa shape index (κ2) is 6.21. The molecule has 2 rings (SSSR count). The third-order valence-corrected chi connectivity index (χ3v) is 3.29. The molecule has 0 spiro atoms. The zero-order chi connectivity index (χ0) is 15.4. The van der Waals surface area contributed by atoms with E-state index in [-0.39, 0.29) is 10.6 Å². The maximum absolute atomic E-state index is 11.1. The van der Waals surface area contributed by atoms with Crippen LogP contribution in [0.15, 0.2) is 30.5 Å². The first-order valence-corrected chi connectivity index (χ1v) is 6.50. The number of pyridine rings is 1. The van der Waals surface area contributed by atoms with Gasteiger partial charge in [0, 0.05) is 23.5 Å². The second-order valence-corrected chi connectivity index (χ2v) is 4.70. The molecular weight excluding hydrogens is 270 g/mol. The van der Waals surface area contributed by atoms with Gasteiger partial charge in [-0.25, -0.2) is 0 Å². The van der Waals surface area contributed by atoms with Gasteiger partial charge in [0.2, 0.25) is 0 Å². The van der Waals surface area contributed by atoms with E-state index < -0.39 is 0 Å². The Labute approximate surface area is 122 Å². The van der Waals surface area contributed by atoms with Crippen molar-refractivity contribution in [2.75, 3.05) is 12.4 Å². The molecule has 0 unspecified atom stereocenters. The van der Waals surface area contributed by atoms with Crippen molar-refractivity contribution in [3.63, 3.8) is 0 Å². The lowest BCUT2D eigenvalue weighted by molar-refractivity contribution is -0.386. The van der Waals surface area contributed by atoms with Gasteiger partial charge in [-0.2, -0.15) is 0 Å². The molecule has 1 aromatic carbocycles. The maximum Gasteiger partial charge on any atom is 0.278 e. The Morgan fingerprint density at radius 2 is 2.14 bits per heavy atom. The molecule has 1 N–H and O–H groups in total. The van der Waals surface area contributed by atoms with Gasteiger partial charge in [0.1, 0.15) is 5.75 Å². The maximum atomic E-state index is 11.1. The number of nitro groups is 1. The summed E-state index contributed by atoms with van der Waals surface area (Å²) in [5.41, 5.74) is 2.83. The van der Waals surface area contributed by atoms with Crippen molar-refractivity contribution in [2.24, 2.45) is 0 Å². The molecule has 0 bridgehead atoms. The van der Waals surface area contributed by atoms with Crippen LogP contribution in [0.25, 0.3) is 0 Å². The Hall–Kier alpha value is -2.63. The third-order valence-electron chi connectivity index (χ3n) is 3.29. The van der Waals surface area contributed by atoms with Gasteiger partial charge in [-0.3, -0.25) is 15.1 Å². The summed E-state index contributed by atoms with van der Waals surface area (Å²) in [6, 6.07) is 7.49. The summed E-state index contributed by atoms with van der Waals surface area (Å²) in [6.45, 7) is 3.83. The Morgan fingerprint density at radius 3 is 2.81 bits per heavy atom. The summed E-state index contributed by atoms with van der Waals surface area (Å²) in [7, 11) is 1.61. The van der Waals surface area contributed by atoms with Crippen LogP contribution in [0.4, 0.5) is 11.4 Å². The molecule has 0 fully saturated rings. The van der Waals surface area contributed by atoms with Gasteiger partial charge in [0.25, 0.3) is 5.69 Å². The minimum absolute atomic E-state index is 0.132. The van der Waals surface area contributed by atoms with E-state index in [1.165, 1.54) is 6.20 Å². The number of hydrogen-bond donors (Lipinski definition) is 1. The molecule has 0 aliphatic rings. The number of nitrogens with one attached hydrogen (secondary N) is 1. The van der Waals surface area contributed by atoms with Crippen LogP contribution in [0.2, 0.25) is 0 Å². The minimum atomic E-state index is -0.360. The molecule has 1 aromatic heterocycles. The van der Waals surface area contributed by atoms with Gasteiger partial charge in [-0.15, -0.1) is 0 Å². The normalized spacial score (nSPS) is 10.2. The van der Waals surface area contributed by atoms with Crippen LogP contribution in [0.1, 0.15) is 16.8 Å². The molecular formula is C15H17N3O3. The molecule has 0 aliphatic carbocycles. The number of ether oxygens (including phenoxy) is 1. The van der Waals surface area contributed by atoms with E-state index in [1.807, 2.05) is 24.3 Å². The van der Waals surface area contributed by atoms with Crippen molar-refractivity contribution in [3.8, 4) is 5.75 Å². The van der Waals surface area contributed by atoms with E-state index in [1.54, 1.807) is 21.0 Å². The highest BCUT2D eigenvalue weighted by Gasteiger charge is 2.18. The van der Waals surface area contributed by atoms with Gasteiger partial charge in [-0.1, -0.05) is 6.07 Å². The van der Waals surface area contributed by atoms with E-state index in [0.717, 1.165) is 11.4 Å². The van der Waals surface area contributed by atoms with Gasteiger partial charge in [-0.05, 0) is 26.0 Å². The SMILES string of the molecule is COc1cccc(NCc2ncc(C)c([N+](=O)[O-])c2C)c1. The Morgan fingerprint density at radius 1 is 1.38 bits per heavy atom. The largest absolute Gasteiger partial charge is 0.497 e. The first-order chi connectivity index (χ1) is 10.0. The van der Waals surface area contributed by atoms with E-state index in [0.29, 0.717) is 23.4 Å². The fraction of sp³-hybridized carbons (Fsp3) is 0.267. The Bertz CT molecular complexity index is 671. The first-order valence-electron chi connectivity index (χ1n) is 6.50. The monoisotopic (exact) mass is 287 g/mol. The molecule has 6 heteroatoms. The molecule has 0 saturated carbocycles. The zero-order valence-corrected chi connectivity index (χ0v) is 12.2. The average molecular weight is 287 g/mol. The van der Waals surface area contributed by atoms with E-state index in [9.17, 15) is 10.1 Å². The number of aryl methyl sites for hydroxylation is 1. The van der Waals surface area contributed by atoms with Crippen molar-refractivity contribution in [1.82, 2.24) is 4.98 Å². The quantitative estimate of drug-likeness (QED) is 0.674. The van der Waals surface area contributed by atoms with Crippen molar-refractivity contribution in [2.45, 2.75) is 20.4 Å². The predicted octanol–water partition coefficient (Wildman–Crippen LogP) is 3.23. The van der Waals surface area contributed by atoms with Gasteiger partial charge in [0.05, 0.1) is 29.8 Å². The summed E-state index contributed by atoms with van der Waals surface area (Å²) >= 11 is 0. The Balaban J connectivity index is 2.20. The van der Waals surface area contributed by atoms with Gasteiger partial charge in [0.15, 0.2) is 0 Å². The number of rotatable bonds is 5. The highest BCUT2D eigenvalue weighted by molar-refractivity contribution is 5.51. The van der Waals surface area contributed by atoms with Crippen molar-refractivity contribution >= 4 is 11.4 Å². The molecule has 21 heavy (non-hydrogen) atoms. The van der Waals surface area contributed by atoms with Crippen LogP contribution in [0.5, 0.6) is 5.75 Å². The standard InChI is InChI=1S/C15H17N3O3/c1-10-8-17-14(11(2)15(10)18(19)20)9-16-12-5-4-6-13(7-12)21-3/h4-8,16H,9H2,1-3H3. The van der Waals surface area contributed by atoms with E-state index >= 15 is 0 Å². The number of methoxy groups -OCH3 is 1. The predicted molar refractivity (Wildman–Crippen MR) is 80.7 cm³/mol. The number of benzene rings is 1. The highest BCUT2D eigenvalue weighted by Crippen LogP contribution is 2.25. The lowest BCUT2D eigenvalue weighted by Crippen LogP contribution is -2.07. The van der Waals surface area contributed by atoms with Crippen molar-refractivity contribution in [3.05, 3.63) is 57.4 Å². The molecule has 6 nitrogen and oxygen atoms in total. The lowest BCUT2D eigenvalue weighted by Gasteiger charge is -2.10. The fourth-order valence-electron chi connectivity index (χ4n) is 2.14. The number of aromatic nitrogens is 1. The molecule has 2 aromatic rings. The molecule has 0 aliphatic heterocycles. The molecule has 1 heterocycles. The summed E-state index contributed by atoms with van der Waals surface area (Å²) < 4.78 is 5.15. The third kappa shape index (κ3) is 3.28. The molecule has 0 amide bonds. The summed E-state index contributed by atoms with van der Waals surface area (Å²) in [5.74, 6) is 0.750. The van der Waals surface area contributed by atoms with Gasteiger partial charge >= 0.3 is 0 Å². The summed E-state index contributed by atoms with van der Waals surface area (Å²) in [6.07, 6.45) is 1.54.